The van der Waals surface area contributed by atoms with Crippen molar-refractivity contribution in [2.45, 2.75) is 18.9 Å². The van der Waals surface area contributed by atoms with Crippen LogP contribution in [-0.2, 0) is 9.53 Å². The summed E-state index contributed by atoms with van der Waals surface area (Å²) in [6, 6.07) is 6.30. The maximum absolute atomic E-state index is 11.8. The van der Waals surface area contributed by atoms with E-state index in [1.807, 2.05) is 0 Å². The van der Waals surface area contributed by atoms with Crippen LogP contribution in [0.1, 0.15) is 23.2 Å². The van der Waals surface area contributed by atoms with Crippen molar-refractivity contribution in [3.63, 3.8) is 0 Å². The predicted octanol–water partition coefficient (Wildman–Crippen LogP) is 1.09. The lowest BCUT2D eigenvalue weighted by atomic mass is 10.1. The quantitative estimate of drug-likeness (QED) is 0.750. The first-order valence-electron chi connectivity index (χ1n) is 6.61. The normalized spacial score (nSPS) is 15.8. The van der Waals surface area contributed by atoms with E-state index in [0.717, 1.165) is 25.9 Å². The summed E-state index contributed by atoms with van der Waals surface area (Å²) in [5.41, 5.74) is 0.363. The first-order valence-corrected chi connectivity index (χ1v) is 6.61. The summed E-state index contributed by atoms with van der Waals surface area (Å²) in [6.45, 7) is 1.74. The van der Waals surface area contributed by atoms with Crippen LogP contribution in [0.4, 0.5) is 5.69 Å². The lowest BCUT2D eigenvalue weighted by Crippen LogP contribution is -2.34. The molecule has 0 saturated carbocycles. The molecule has 108 valence electrons. The maximum atomic E-state index is 11.8. The van der Waals surface area contributed by atoms with Gasteiger partial charge in [-0.15, -0.1) is 0 Å². The second-order valence-electron chi connectivity index (χ2n) is 4.66. The van der Waals surface area contributed by atoms with Gasteiger partial charge in [-0.2, -0.15) is 0 Å². The maximum Gasteiger partial charge on any atom is 0.337 e. The highest BCUT2D eigenvalue weighted by molar-refractivity contribution is 6.00. The van der Waals surface area contributed by atoms with Crippen LogP contribution in [0.3, 0.4) is 0 Å². The number of ether oxygens (including phenoxy) is 1. The molecule has 1 fully saturated rings. The van der Waals surface area contributed by atoms with E-state index < -0.39 is 5.97 Å². The number of nitrogens with one attached hydrogen (secondary N) is 2. The second-order valence-corrected chi connectivity index (χ2v) is 4.66. The topological polar surface area (TPSA) is 87.7 Å². The average Bonchev–Trinajstić information content (AvgIpc) is 2.46. The van der Waals surface area contributed by atoms with Crippen molar-refractivity contribution in [1.29, 1.82) is 0 Å². The summed E-state index contributed by atoms with van der Waals surface area (Å²) in [5.74, 6) is -1.41. The van der Waals surface area contributed by atoms with Gasteiger partial charge in [0.15, 0.2) is 0 Å². The van der Waals surface area contributed by atoms with E-state index in [0.29, 0.717) is 5.69 Å². The number of hydrogen-bond donors (Lipinski definition) is 3. The number of benzene rings is 1. The minimum absolute atomic E-state index is 0.0569. The Bertz CT molecular complexity index is 484. The van der Waals surface area contributed by atoms with Crippen LogP contribution in [0.5, 0.6) is 0 Å². The van der Waals surface area contributed by atoms with Gasteiger partial charge in [0.25, 0.3) is 0 Å². The number of carboxylic acid groups (broad SMARTS) is 1. The first-order chi connectivity index (χ1) is 9.66. The van der Waals surface area contributed by atoms with E-state index in [1.54, 1.807) is 18.2 Å². The van der Waals surface area contributed by atoms with E-state index in [9.17, 15) is 9.59 Å². The molecule has 1 saturated heterocycles. The van der Waals surface area contributed by atoms with Gasteiger partial charge in [0.05, 0.1) is 17.4 Å². The van der Waals surface area contributed by atoms with Crippen molar-refractivity contribution in [3.8, 4) is 0 Å². The van der Waals surface area contributed by atoms with Gasteiger partial charge in [0.1, 0.15) is 6.61 Å². The number of carbonyl (C=O) groups excluding carboxylic acids is 1. The molecule has 0 radical (unpaired) electrons. The van der Waals surface area contributed by atoms with Crippen LogP contribution in [-0.4, -0.2) is 42.8 Å². The monoisotopic (exact) mass is 278 g/mol. The van der Waals surface area contributed by atoms with Crippen LogP contribution < -0.4 is 10.6 Å². The Hall–Kier alpha value is -1.92. The molecule has 0 aromatic heterocycles. The van der Waals surface area contributed by atoms with Gasteiger partial charge in [-0.1, -0.05) is 12.1 Å². The summed E-state index contributed by atoms with van der Waals surface area (Å²) < 4.78 is 5.52. The standard InChI is InChI=1S/C14H18N2O4/c17-13(9-20-10-5-7-15-8-6-10)16-12-4-2-1-3-11(12)14(18)19/h1-4,10,15H,5-9H2,(H,16,17)(H,18,19). The summed E-state index contributed by atoms with van der Waals surface area (Å²) in [7, 11) is 0. The molecule has 0 spiro atoms. The molecular weight excluding hydrogens is 260 g/mol. The number of hydrogen-bond acceptors (Lipinski definition) is 4. The van der Waals surface area contributed by atoms with Gasteiger partial charge in [-0.25, -0.2) is 4.79 Å². The number of para-hydroxylation sites is 1. The van der Waals surface area contributed by atoms with E-state index in [2.05, 4.69) is 10.6 Å². The van der Waals surface area contributed by atoms with E-state index in [-0.39, 0.29) is 24.2 Å². The summed E-state index contributed by atoms with van der Waals surface area (Å²) >= 11 is 0. The lowest BCUT2D eigenvalue weighted by molar-refractivity contribution is -0.123. The molecule has 0 unspecified atom stereocenters. The van der Waals surface area contributed by atoms with Crippen LogP contribution in [0.15, 0.2) is 24.3 Å². The predicted molar refractivity (Wildman–Crippen MR) is 73.9 cm³/mol. The highest BCUT2D eigenvalue weighted by Gasteiger charge is 2.16. The molecule has 3 N–H and O–H groups in total. The summed E-state index contributed by atoms with van der Waals surface area (Å²) in [6.07, 6.45) is 1.87. The van der Waals surface area contributed by atoms with Gasteiger partial charge >= 0.3 is 5.97 Å². The summed E-state index contributed by atoms with van der Waals surface area (Å²) in [4.78, 5) is 22.8. The number of carboxylic acids is 1. The SMILES string of the molecule is O=C(COC1CCNCC1)Nc1ccccc1C(=O)O. The van der Waals surface area contributed by atoms with Gasteiger partial charge < -0.3 is 20.5 Å². The van der Waals surface area contributed by atoms with E-state index >= 15 is 0 Å². The Balaban J connectivity index is 1.86. The van der Waals surface area contributed by atoms with Gasteiger partial charge in [-0.3, -0.25) is 4.79 Å². The molecule has 1 amide bonds. The molecule has 6 nitrogen and oxygen atoms in total. The fraction of sp³-hybridized carbons (Fsp3) is 0.429. The molecule has 1 aromatic rings. The molecule has 0 bridgehead atoms. The van der Waals surface area contributed by atoms with Gasteiger partial charge in [0, 0.05) is 0 Å². The zero-order valence-electron chi connectivity index (χ0n) is 11.1. The largest absolute Gasteiger partial charge is 0.478 e. The smallest absolute Gasteiger partial charge is 0.337 e. The number of anilines is 1. The number of aromatic carboxylic acids is 1. The minimum Gasteiger partial charge on any atom is -0.478 e. The molecule has 20 heavy (non-hydrogen) atoms. The zero-order chi connectivity index (χ0) is 14.4. The Morgan fingerprint density at radius 1 is 1.30 bits per heavy atom. The Labute approximate surface area is 117 Å². The molecule has 1 aliphatic rings. The highest BCUT2D eigenvalue weighted by Crippen LogP contribution is 2.15. The van der Waals surface area contributed by atoms with Crippen molar-refractivity contribution < 1.29 is 19.4 Å². The second kappa shape index (κ2) is 7.02. The van der Waals surface area contributed by atoms with Crippen LogP contribution in [0.2, 0.25) is 0 Å². The van der Waals surface area contributed by atoms with Crippen molar-refractivity contribution in [2.24, 2.45) is 0 Å². The molecular formula is C14H18N2O4. The van der Waals surface area contributed by atoms with Crippen molar-refractivity contribution in [3.05, 3.63) is 29.8 Å². The molecule has 2 rings (SSSR count). The van der Waals surface area contributed by atoms with Gasteiger partial charge in [0.2, 0.25) is 5.91 Å². The zero-order valence-corrected chi connectivity index (χ0v) is 11.1. The lowest BCUT2D eigenvalue weighted by Gasteiger charge is -2.22. The first kappa shape index (κ1) is 14.5. The Kier molecular flexibility index (Phi) is 5.09. The van der Waals surface area contributed by atoms with Crippen LogP contribution in [0.25, 0.3) is 0 Å². The Morgan fingerprint density at radius 2 is 2.00 bits per heavy atom. The van der Waals surface area contributed by atoms with Crippen LogP contribution >= 0.6 is 0 Å². The number of amides is 1. The van der Waals surface area contributed by atoms with Crippen molar-refractivity contribution in [2.75, 3.05) is 25.0 Å². The molecule has 1 aliphatic heterocycles. The van der Waals surface area contributed by atoms with Crippen LogP contribution in [0, 0.1) is 0 Å². The molecule has 1 heterocycles. The Morgan fingerprint density at radius 3 is 2.70 bits per heavy atom. The fourth-order valence-electron chi connectivity index (χ4n) is 2.12. The van der Waals surface area contributed by atoms with E-state index in [1.165, 1.54) is 6.07 Å². The van der Waals surface area contributed by atoms with Gasteiger partial charge in [-0.05, 0) is 38.1 Å². The third-order valence-electron chi connectivity index (χ3n) is 3.17. The number of carbonyl (C=O) groups is 2. The molecule has 6 heteroatoms. The number of rotatable bonds is 5. The highest BCUT2D eigenvalue weighted by atomic mass is 16.5. The third-order valence-corrected chi connectivity index (χ3v) is 3.17. The minimum atomic E-state index is -1.07. The molecule has 1 aromatic carbocycles. The van der Waals surface area contributed by atoms with E-state index in [4.69, 9.17) is 9.84 Å². The molecule has 0 aliphatic carbocycles. The molecule has 0 atom stereocenters. The van der Waals surface area contributed by atoms with Crippen molar-refractivity contribution in [1.82, 2.24) is 5.32 Å². The third kappa shape index (κ3) is 4.04. The number of piperidine rings is 1. The summed E-state index contributed by atoms with van der Waals surface area (Å²) in [5, 5.41) is 14.8. The van der Waals surface area contributed by atoms with Crippen molar-refractivity contribution >= 4 is 17.6 Å². The average molecular weight is 278 g/mol. The fourth-order valence-corrected chi connectivity index (χ4v) is 2.12.